The minimum atomic E-state index is -0.0360. The van der Waals surface area contributed by atoms with E-state index in [1.165, 1.54) is 0 Å². The SMILES string of the molecule is CCC(=O)Nc1ccc(OCC(=O)N2CCC[C@H]2Cn2cccn2)cc1. The van der Waals surface area contributed by atoms with Gasteiger partial charge < -0.3 is 15.0 Å². The first-order valence-electron chi connectivity index (χ1n) is 8.95. The van der Waals surface area contributed by atoms with Crippen molar-refractivity contribution in [3.05, 3.63) is 42.7 Å². The first-order valence-corrected chi connectivity index (χ1v) is 8.95. The van der Waals surface area contributed by atoms with Crippen LogP contribution in [0.2, 0.25) is 0 Å². The second-order valence-corrected chi connectivity index (χ2v) is 6.33. The molecule has 0 saturated carbocycles. The van der Waals surface area contributed by atoms with Crippen molar-refractivity contribution in [3.8, 4) is 5.75 Å². The van der Waals surface area contributed by atoms with Gasteiger partial charge in [0.05, 0.1) is 12.6 Å². The van der Waals surface area contributed by atoms with E-state index in [9.17, 15) is 9.59 Å². The number of nitrogens with one attached hydrogen (secondary N) is 1. The highest BCUT2D eigenvalue weighted by Crippen LogP contribution is 2.20. The van der Waals surface area contributed by atoms with Crippen molar-refractivity contribution in [2.45, 2.75) is 38.8 Å². The Morgan fingerprint density at radius 2 is 2.12 bits per heavy atom. The Balaban J connectivity index is 1.50. The van der Waals surface area contributed by atoms with Crippen molar-refractivity contribution in [1.82, 2.24) is 14.7 Å². The van der Waals surface area contributed by atoms with Crippen LogP contribution in [0.1, 0.15) is 26.2 Å². The molecule has 26 heavy (non-hydrogen) atoms. The fraction of sp³-hybridized carbons (Fsp3) is 0.421. The summed E-state index contributed by atoms with van der Waals surface area (Å²) in [6, 6.07) is 9.09. The average Bonchev–Trinajstić information content (AvgIpc) is 3.33. The number of rotatable bonds is 7. The summed E-state index contributed by atoms with van der Waals surface area (Å²) in [6.45, 7) is 3.29. The van der Waals surface area contributed by atoms with E-state index in [1.54, 1.807) is 37.4 Å². The normalized spacial score (nSPS) is 16.5. The van der Waals surface area contributed by atoms with Crippen LogP contribution in [0.5, 0.6) is 5.75 Å². The number of nitrogens with zero attached hydrogens (tertiary/aromatic N) is 3. The lowest BCUT2D eigenvalue weighted by Crippen LogP contribution is -2.40. The van der Waals surface area contributed by atoms with Crippen LogP contribution < -0.4 is 10.1 Å². The predicted octanol–water partition coefficient (Wildman–Crippen LogP) is 2.30. The molecule has 1 aliphatic heterocycles. The van der Waals surface area contributed by atoms with Gasteiger partial charge >= 0.3 is 0 Å². The number of hydrogen-bond donors (Lipinski definition) is 1. The van der Waals surface area contributed by atoms with Crippen molar-refractivity contribution in [1.29, 1.82) is 0 Å². The van der Waals surface area contributed by atoms with Gasteiger partial charge in [0, 0.05) is 31.0 Å². The Morgan fingerprint density at radius 1 is 1.31 bits per heavy atom. The number of anilines is 1. The molecule has 7 heteroatoms. The quantitative estimate of drug-likeness (QED) is 0.826. The highest BCUT2D eigenvalue weighted by molar-refractivity contribution is 5.90. The number of benzene rings is 1. The summed E-state index contributed by atoms with van der Waals surface area (Å²) >= 11 is 0. The molecule has 138 valence electrons. The van der Waals surface area contributed by atoms with E-state index in [2.05, 4.69) is 10.4 Å². The molecule has 1 saturated heterocycles. The second-order valence-electron chi connectivity index (χ2n) is 6.33. The fourth-order valence-corrected chi connectivity index (χ4v) is 3.09. The molecule has 0 bridgehead atoms. The van der Waals surface area contributed by atoms with Crippen molar-refractivity contribution in [2.24, 2.45) is 0 Å². The van der Waals surface area contributed by atoms with Gasteiger partial charge in [0.2, 0.25) is 5.91 Å². The van der Waals surface area contributed by atoms with Gasteiger partial charge in [-0.25, -0.2) is 0 Å². The van der Waals surface area contributed by atoms with Gasteiger partial charge in [-0.15, -0.1) is 0 Å². The second kappa shape index (κ2) is 8.51. The first-order chi connectivity index (χ1) is 12.7. The number of amides is 2. The molecule has 2 amide bonds. The molecule has 1 atom stereocenters. The Morgan fingerprint density at radius 3 is 2.81 bits per heavy atom. The molecule has 1 fully saturated rings. The molecule has 2 heterocycles. The summed E-state index contributed by atoms with van der Waals surface area (Å²) in [5, 5.41) is 7.00. The van der Waals surface area contributed by atoms with E-state index in [-0.39, 0.29) is 24.5 Å². The van der Waals surface area contributed by atoms with Crippen LogP contribution in [0.25, 0.3) is 0 Å². The topological polar surface area (TPSA) is 76.5 Å². The lowest BCUT2D eigenvalue weighted by molar-refractivity contribution is -0.134. The van der Waals surface area contributed by atoms with Crippen LogP contribution in [0.15, 0.2) is 42.7 Å². The molecule has 0 aliphatic carbocycles. The van der Waals surface area contributed by atoms with E-state index in [1.807, 2.05) is 21.8 Å². The molecule has 1 aromatic heterocycles. The third-order valence-electron chi connectivity index (χ3n) is 4.48. The van der Waals surface area contributed by atoms with Gasteiger partial charge in [0.25, 0.3) is 5.91 Å². The van der Waals surface area contributed by atoms with Crippen LogP contribution in [-0.4, -0.2) is 45.7 Å². The largest absolute Gasteiger partial charge is 0.484 e. The maximum absolute atomic E-state index is 12.5. The summed E-state index contributed by atoms with van der Waals surface area (Å²) < 4.78 is 7.49. The average molecular weight is 356 g/mol. The summed E-state index contributed by atoms with van der Waals surface area (Å²) in [4.78, 5) is 25.8. The highest BCUT2D eigenvalue weighted by Gasteiger charge is 2.29. The number of aromatic nitrogens is 2. The molecule has 1 aromatic carbocycles. The summed E-state index contributed by atoms with van der Waals surface area (Å²) in [7, 11) is 0. The number of hydrogen-bond acceptors (Lipinski definition) is 4. The number of likely N-dealkylation sites (tertiary alicyclic amines) is 1. The van der Waals surface area contributed by atoms with Gasteiger partial charge in [0.1, 0.15) is 5.75 Å². The Hall–Kier alpha value is -2.83. The number of carbonyl (C=O) groups excluding carboxylic acids is 2. The highest BCUT2D eigenvalue weighted by atomic mass is 16.5. The molecule has 1 N–H and O–H groups in total. The van der Waals surface area contributed by atoms with E-state index in [0.29, 0.717) is 24.4 Å². The lowest BCUT2D eigenvalue weighted by Gasteiger charge is -2.24. The van der Waals surface area contributed by atoms with Crippen LogP contribution in [0, 0.1) is 0 Å². The smallest absolute Gasteiger partial charge is 0.260 e. The molecule has 7 nitrogen and oxygen atoms in total. The standard InChI is InChI=1S/C19H24N4O3/c1-2-18(24)21-15-6-8-17(9-7-15)26-14-19(25)23-12-3-5-16(23)13-22-11-4-10-20-22/h4,6-11,16H,2-3,5,12-14H2,1H3,(H,21,24)/t16-/m0/s1. The number of carbonyl (C=O) groups is 2. The summed E-state index contributed by atoms with van der Waals surface area (Å²) in [5.41, 5.74) is 0.717. The molecule has 1 aliphatic rings. The molecular weight excluding hydrogens is 332 g/mol. The molecule has 0 unspecified atom stereocenters. The lowest BCUT2D eigenvalue weighted by atomic mass is 10.2. The monoisotopic (exact) mass is 356 g/mol. The Labute approximate surface area is 152 Å². The molecule has 2 aromatic rings. The summed E-state index contributed by atoms with van der Waals surface area (Å²) in [6.07, 6.45) is 6.08. The molecule has 3 rings (SSSR count). The van der Waals surface area contributed by atoms with Gasteiger partial charge in [0.15, 0.2) is 6.61 Å². The molecule has 0 radical (unpaired) electrons. The van der Waals surface area contributed by atoms with Crippen LogP contribution in [0.3, 0.4) is 0 Å². The predicted molar refractivity (Wildman–Crippen MR) is 97.8 cm³/mol. The number of ether oxygens (including phenoxy) is 1. The third-order valence-corrected chi connectivity index (χ3v) is 4.48. The van der Waals surface area contributed by atoms with Crippen LogP contribution in [-0.2, 0) is 16.1 Å². The van der Waals surface area contributed by atoms with Gasteiger partial charge in [-0.3, -0.25) is 14.3 Å². The van der Waals surface area contributed by atoms with E-state index >= 15 is 0 Å². The van der Waals surface area contributed by atoms with Gasteiger partial charge in [-0.2, -0.15) is 5.10 Å². The molecule has 0 spiro atoms. The zero-order valence-corrected chi connectivity index (χ0v) is 14.9. The first kappa shape index (κ1) is 18.0. The van der Waals surface area contributed by atoms with Gasteiger partial charge in [-0.05, 0) is 43.2 Å². The zero-order valence-electron chi connectivity index (χ0n) is 14.9. The zero-order chi connectivity index (χ0) is 18.4. The minimum Gasteiger partial charge on any atom is -0.484 e. The van der Waals surface area contributed by atoms with E-state index < -0.39 is 0 Å². The maximum Gasteiger partial charge on any atom is 0.260 e. The Kier molecular flexibility index (Phi) is 5.88. The van der Waals surface area contributed by atoms with Crippen molar-refractivity contribution >= 4 is 17.5 Å². The molecular formula is C19H24N4O3. The summed E-state index contributed by atoms with van der Waals surface area (Å²) in [5.74, 6) is 0.560. The van der Waals surface area contributed by atoms with Gasteiger partial charge in [-0.1, -0.05) is 6.92 Å². The third kappa shape index (κ3) is 4.62. The van der Waals surface area contributed by atoms with E-state index in [4.69, 9.17) is 4.74 Å². The van der Waals surface area contributed by atoms with E-state index in [0.717, 1.165) is 19.4 Å². The van der Waals surface area contributed by atoms with Crippen molar-refractivity contribution < 1.29 is 14.3 Å². The maximum atomic E-state index is 12.5. The minimum absolute atomic E-state index is 0.0102. The van der Waals surface area contributed by atoms with Crippen molar-refractivity contribution in [2.75, 3.05) is 18.5 Å². The van der Waals surface area contributed by atoms with Crippen molar-refractivity contribution in [3.63, 3.8) is 0 Å². The Bertz CT molecular complexity index is 728. The van der Waals surface area contributed by atoms with Crippen LogP contribution in [0.4, 0.5) is 5.69 Å². The fourth-order valence-electron chi connectivity index (χ4n) is 3.09. The van der Waals surface area contributed by atoms with Crippen LogP contribution >= 0.6 is 0 Å².